The minimum Gasteiger partial charge on any atom is -0.339 e. The van der Waals surface area contributed by atoms with Crippen LogP contribution < -0.4 is 5.32 Å². The number of piperidine rings is 1. The summed E-state index contributed by atoms with van der Waals surface area (Å²) < 4.78 is 0. The average molecular weight is 346 g/mol. The van der Waals surface area contributed by atoms with Crippen molar-refractivity contribution in [1.29, 1.82) is 0 Å². The molecule has 1 atom stereocenters. The number of H-pyrrole nitrogens is 1. The van der Waals surface area contributed by atoms with E-state index >= 15 is 0 Å². The highest BCUT2D eigenvalue weighted by Gasteiger charge is 2.39. The van der Waals surface area contributed by atoms with E-state index in [0.717, 1.165) is 57.0 Å². The molecule has 3 heterocycles. The predicted molar refractivity (Wildman–Crippen MR) is 90.9 cm³/mol. The highest BCUT2D eigenvalue weighted by atomic mass is 16.2. The molecule has 8 nitrogen and oxygen atoms in total. The van der Waals surface area contributed by atoms with Gasteiger partial charge in [0.05, 0.1) is 0 Å². The quantitative estimate of drug-likeness (QED) is 0.851. The number of aryl methyl sites for hydroxylation is 1. The van der Waals surface area contributed by atoms with Crippen molar-refractivity contribution in [1.82, 2.24) is 30.3 Å². The van der Waals surface area contributed by atoms with Crippen molar-refractivity contribution in [3.63, 3.8) is 0 Å². The van der Waals surface area contributed by atoms with Crippen LogP contribution in [0.1, 0.15) is 49.7 Å². The molecule has 3 amide bonds. The van der Waals surface area contributed by atoms with Crippen LogP contribution >= 0.6 is 0 Å². The second kappa shape index (κ2) is 6.65. The standard InChI is InChI=1S/C17H26N6O2/c1-11-19-16(21-20-11)13-4-6-22(7-5-13)17(25)18-9-12-8-15(24)23(10-12)14-2-3-14/h12-14H,2-10H2,1H3,(H,18,25)(H,19,20,21)/t12-/m1/s1. The van der Waals surface area contributed by atoms with Crippen LogP contribution in [0.25, 0.3) is 0 Å². The van der Waals surface area contributed by atoms with Crippen molar-refractivity contribution in [2.24, 2.45) is 5.92 Å². The Labute approximate surface area is 147 Å². The van der Waals surface area contributed by atoms with Gasteiger partial charge in [-0.1, -0.05) is 0 Å². The summed E-state index contributed by atoms with van der Waals surface area (Å²) in [5, 5.41) is 10.1. The van der Waals surface area contributed by atoms with Gasteiger partial charge >= 0.3 is 6.03 Å². The lowest BCUT2D eigenvalue weighted by Gasteiger charge is -2.31. The van der Waals surface area contributed by atoms with Gasteiger partial charge in [-0.15, -0.1) is 0 Å². The number of likely N-dealkylation sites (tertiary alicyclic amines) is 2. The van der Waals surface area contributed by atoms with E-state index in [1.165, 1.54) is 0 Å². The maximum Gasteiger partial charge on any atom is 0.317 e. The topological polar surface area (TPSA) is 94.2 Å². The van der Waals surface area contributed by atoms with Gasteiger partial charge in [-0.3, -0.25) is 9.89 Å². The highest BCUT2D eigenvalue weighted by molar-refractivity contribution is 5.79. The molecule has 0 bridgehead atoms. The van der Waals surface area contributed by atoms with Gasteiger partial charge in [0.25, 0.3) is 0 Å². The number of urea groups is 1. The first kappa shape index (κ1) is 16.4. The minimum atomic E-state index is -0.0121. The Morgan fingerprint density at radius 1 is 1.28 bits per heavy atom. The minimum absolute atomic E-state index is 0.0121. The molecule has 136 valence electrons. The summed E-state index contributed by atoms with van der Waals surface area (Å²) >= 11 is 0. The normalized spacial score (nSPS) is 24.8. The second-order valence-corrected chi connectivity index (χ2v) is 7.57. The first-order chi connectivity index (χ1) is 12.1. The van der Waals surface area contributed by atoms with Gasteiger partial charge in [-0.05, 0) is 32.6 Å². The van der Waals surface area contributed by atoms with Crippen LogP contribution in [0.5, 0.6) is 0 Å². The van der Waals surface area contributed by atoms with Gasteiger partial charge in [0.15, 0.2) is 5.82 Å². The van der Waals surface area contributed by atoms with E-state index in [9.17, 15) is 9.59 Å². The first-order valence-electron chi connectivity index (χ1n) is 9.31. The van der Waals surface area contributed by atoms with Crippen LogP contribution in [0.15, 0.2) is 0 Å². The van der Waals surface area contributed by atoms with E-state index < -0.39 is 0 Å². The lowest BCUT2D eigenvalue weighted by atomic mass is 9.96. The zero-order valence-corrected chi connectivity index (χ0v) is 14.7. The molecular weight excluding hydrogens is 320 g/mol. The van der Waals surface area contributed by atoms with Gasteiger partial charge in [0, 0.05) is 50.5 Å². The Hall–Kier alpha value is -2.12. The van der Waals surface area contributed by atoms with Gasteiger partial charge in [0.2, 0.25) is 5.91 Å². The fraction of sp³-hybridized carbons (Fsp3) is 0.765. The van der Waals surface area contributed by atoms with E-state index in [1.54, 1.807) is 0 Å². The zero-order chi connectivity index (χ0) is 17.4. The fourth-order valence-corrected chi connectivity index (χ4v) is 3.91. The second-order valence-electron chi connectivity index (χ2n) is 7.57. The summed E-state index contributed by atoms with van der Waals surface area (Å²) in [6.45, 7) is 4.74. The average Bonchev–Trinajstić information content (AvgIpc) is 3.26. The molecule has 4 rings (SSSR count). The van der Waals surface area contributed by atoms with Crippen LogP contribution in [0.3, 0.4) is 0 Å². The lowest BCUT2D eigenvalue weighted by molar-refractivity contribution is -0.128. The van der Waals surface area contributed by atoms with Crippen molar-refractivity contribution < 1.29 is 9.59 Å². The molecule has 0 unspecified atom stereocenters. The fourth-order valence-electron chi connectivity index (χ4n) is 3.91. The van der Waals surface area contributed by atoms with Crippen LogP contribution in [0.2, 0.25) is 0 Å². The first-order valence-corrected chi connectivity index (χ1v) is 9.31. The summed E-state index contributed by atoms with van der Waals surface area (Å²) in [5.74, 6) is 2.53. The van der Waals surface area contributed by atoms with E-state index in [4.69, 9.17) is 0 Å². The zero-order valence-electron chi connectivity index (χ0n) is 14.7. The van der Waals surface area contributed by atoms with Crippen LogP contribution in [-0.4, -0.2) is 69.1 Å². The number of amides is 3. The van der Waals surface area contributed by atoms with Gasteiger partial charge < -0.3 is 15.1 Å². The highest BCUT2D eigenvalue weighted by Crippen LogP contribution is 2.32. The summed E-state index contributed by atoms with van der Waals surface area (Å²) in [7, 11) is 0. The van der Waals surface area contributed by atoms with Crippen LogP contribution in [0.4, 0.5) is 4.79 Å². The van der Waals surface area contributed by atoms with E-state index in [0.29, 0.717) is 24.9 Å². The molecule has 2 saturated heterocycles. The largest absolute Gasteiger partial charge is 0.339 e. The molecule has 1 saturated carbocycles. The molecule has 25 heavy (non-hydrogen) atoms. The number of nitrogens with zero attached hydrogens (tertiary/aromatic N) is 4. The molecule has 2 aliphatic heterocycles. The number of carbonyl (C=O) groups is 2. The van der Waals surface area contributed by atoms with Crippen molar-refractivity contribution in [3.05, 3.63) is 11.6 Å². The number of carbonyl (C=O) groups excluding carboxylic acids is 2. The third-order valence-electron chi connectivity index (χ3n) is 5.53. The number of hydrogen-bond donors (Lipinski definition) is 2. The van der Waals surface area contributed by atoms with Gasteiger partial charge in [0.1, 0.15) is 5.82 Å². The maximum atomic E-state index is 12.4. The third-order valence-corrected chi connectivity index (χ3v) is 5.53. The molecule has 0 spiro atoms. The van der Waals surface area contributed by atoms with Crippen molar-refractivity contribution >= 4 is 11.9 Å². The molecule has 2 N–H and O–H groups in total. The molecule has 1 aromatic heterocycles. The lowest BCUT2D eigenvalue weighted by Crippen LogP contribution is -2.45. The number of aromatic amines is 1. The molecule has 0 aromatic carbocycles. The Morgan fingerprint density at radius 2 is 2.04 bits per heavy atom. The van der Waals surface area contributed by atoms with Gasteiger partial charge in [-0.2, -0.15) is 5.10 Å². The number of hydrogen-bond acceptors (Lipinski definition) is 4. The Morgan fingerprint density at radius 3 is 2.68 bits per heavy atom. The number of rotatable bonds is 4. The Balaban J connectivity index is 1.21. The molecular formula is C17H26N6O2. The molecule has 8 heteroatoms. The van der Waals surface area contributed by atoms with Crippen molar-refractivity contribution in [2.75, 3.05) is 26.2 Å². The number of nitrogens with one attached hydrogen (secondary N) is 2. The van der Waals surface area contributed by atoms with E-state index in [1.807, 2.05) is 16.7 Å². The van der Waals surface area contributed by atoms with Crippen LogP contribution in [0, 0.1) is 12.8 Å². The van der Waals surface area contributed by atoms with Crippen LogP contribution in [-0.2, 0) is 4.79 Å². The Kier molecular flexibility index (Phi) is 4.35. The Bertz CT molecular complexity index is 647. The summed E-state index contributed by atoms with van der Waals surface area (Å²) in [4.78, 5) is 32.6. The van der Waals surface area contributed by atoms with E-state index in [-0.39, 0.29) is 17.9 Å². The van der Waals surface area contributed by atoms with E-state index in [2.05, 4.69) is 20.5 Å². The molecule has 3 fully saturated rings. The molecule has 1 aromatic rings. The summed E-state index contributed by atoms with van der Waals surface area (Å²) in [6, 6.07) is 0.466. The number of aromatic nitrogens is 3. The summed E-state index contributed by atoms with van der Waals surface area (Å²) in [5.41, 5.74) is 0. The monoisotopic (exact) mass is 346 g/mol. The predicted octanol–water partition coefficient (Wildman–Crippen LogP) is 1.01. The SMILES string of the molecule is Cc1nc(C2CCN(C(=O)NC[C@H]3CC(=O)N(C4CC4)C3)CC2)n[nH]1. The van der Waals surface area contributed by atoms with Crippen molar-refractivity contribution in [2.45, 2.75) is 51.0 Å². The summed E-state index contributed by atoms with van der Waals surface area (Å²) in [6.07, 6.45) is 4.64. The van der Waals surface area contributed by atoms with Gasteiger partial charge in [-0.25, -0.2) is 9.78 Å². The molecule has 0 radical (unpaired) electrons. The molecule has 1 aliphatic carbocycles. The van der Waals surface area contributed by atoms with Crippen molar-refractivity contribution in [3.8, 4) is 0 Å². The molecule has 3 aliphatic rings. The maximum absolute atomic E-state index is 12.4. The smallest absolute Gasteiger partial charge is 0.317 e. The third kappa shape index (κ3) is 3.62.